The van der Waals surface area contributed by atoms with Crippen LogP contribution in [0.3, 0.4) is 0 Å². The van der Waals surface area contributed by atoms with E-state index in [9.17, 15) is 0 Å². The van der Waals surface area contributed by atoms with Crippen molar-refractivity contribution in [2.24, 2.45) is 0 Å². The molecule has 0 spiro atoms. The molecule has 0 aliphatic heterocycles. The molecule has 0 fully saturated rings. The van der Waals surface area contributed by atoms with Gasteiger partial charge < -0.3 is 0 Å². The van der Waals surface area contributed by atoms with Crippen LogP contribution < -0.4 is 10.4 Å². The minimum Gasteiger partial charge on any atom is -0.299 e. The normalized spacial score (nSPS) is 12.2. The molecule has 0 saturated heterocycles. The molecular weight excluding hydrogens is 613 g/mol. The number of aromatic nitrogens is 4. The number of rotatable bonds is 10. The number of imidazole rings is 2. The Hall–Kier alpha value is -4.48. The van der Waals surface area contributed by atoms with Crippen LogP contribution in [0, 0.1) is 0 Å². The van der Waals surface area contributed by atoms with Crippen molar-refractivity contribution in [3.8, 4) is 34.2 Å². The number of benzene rings is 4. The van der Waals surface area contributed by atoms with Crippen LogP contribution >= 0.6 is 0 Å². The highest BCUT2D eigenvalue weighted by atomic mass is 28.3. The summed E-state index contributed by atoms with van der Waals surface area (Å²) in [7, 11) is -2.13. The lowest BCUT2D eigenvalue weighted by Crippen LogP contribution is -2.52. The molecule has 0 N–H and O–H groups in total. The smallest absolute Gasteiger partial charge is 0.144 e. The van der Waals surface area contributed by atoms with Crippen LogP contribution in [-0.4, -0.2) is 27.2 Å². The molecule has 0 aliphatic rings. The van der Waals surface area contributed by atoms with E-state index in [1.165, 1.54) is 44.0 Å². The molecule has 0 radical (unpaired) electrons. The van der Waals surface area contributed by atoms with E-state index in [1.807, 2.05) is 12.4 Å². The first-order valence-electron chi connectivity index (χ1n) is 17.9. The summed E-state index contributed by atoms with van der Waals surface area (Å²) in [5.41, 5.74) is 10.2. The Morgan fingerprint density at radius 3 is 1.12 bits per heavy atom. The van der Waals surface area contributed by atoms with Gasteiger partial charge in [-0.3, -0.25) is 9.13 Å². The summed E-state index contributed by atoms with van der Waals surface area (Å²) in [5.74, 6) is 3.59. The van der Waals surface area contributed by atoms with Crippen LogP contribution in [0.2, 0.25) is 13.1 Å². The molecule has 0 bridgehead atoms. The van der Waals surface area contributed by atoms with Gasteiger partial charge in [-0.25, -0.2) is 9.97 Å². The van der Waals surface area contributed by atoms with Gasteiger partial charge in [0.2, 0.25) is 0 Å². The van der Waals surface area contributed by atoms with Crippen molar-refractivity contribution in [3.63, 3.8) is 0 Å². The van der Waals surface area contributed by atoms with E-state index in [4.69, 9.17) is 9.97 Å². The summed E-state index contributed by atoms with van der Waals surface area (Å²) >= 11 is 0. The Labute approximate surface area is 294 Å². The summed E-state index contributed by atoms with van der Waals surface area (Å²) in [6.45, 7) is 23.1. The van der Waals surface area contributed by atoms with Crippen molar-refractivity contribution in [1.82, 2.24) is 19.1 Å². The predicted molar refractivity (Wildman–Crippen MR) is 211 cm³/mol. The molecule has 6 aromatic rings. The molecule has 0 amide bonds. The highest BCUT2D eigenvalue weighted by molar-refractivity contribution is 7.00. The topological polar surface area (TPSA) is 35.6 Å². The molecule has 0 unspecified atom stereocenters. The summed E-state index contributed by atoms with van der Waals surface area (Å²) in [5, 5.41) is 2.77. The molecule has 2 aromatic heterocycles. The van der Waals surface area contributed by atoms with Gasteiger partial charge in [-0.2, -0.15) is 0 Å². The van der Waals surface area contributed by atoms with Gasteiger partial charge in [0.05, 0.1) is 11.4 Å². The zero-order valence-corrected chi connectivity index (χ0v) is 32.0. The van der Waals surface area contributed by atoms with Crippen molar-refractivity contribution >= 4 is 18.4 Å². The van der Waals surface area contributed by atoms with Gasteiger partial charge in [0.1, 0.15) is 19.7 Å². The van der Waals surface area contributed by atoms with E-state index < -0.39 is 8.07 Å². The van der Waals surface area contributed by atoms with Crippen molar-refractivity contribution < 1.29 is 0 Å². The maximum atomic E-state index is 4.95. The van der Waals surface area contributed by atoms with Crippen LogP contribution in [0.25, 0.3) is 34.2 Å². The highest BCUT2D eigenvalue weighted by Crippen LogP contribution is 2.35. The van der Waals surface area contributed by atoms with Gasteiger partial charge in [0, 0.05) is 35.9 Å². The van der Waals surface area contributed by atoms with E-state index in [0.717, 1.165) is 22.8 Å². The quantitative estimate of drug-likeness (QED) is 0.137. The van der Waals surface area contributed by atoms with Gasteiger partial charge in [-0.15, -0.1) is 0 Å². The average molecular weight is 665 g/mol. The fraction of sp³-hybridized carbons (Fsp3) is 0.318. The maximum absolute atomic E-state index is 4.95. The van der Waals surface area contributed by atoms with Gasteiger partial charge in [0.25, 0.3) is 0 Å². The fourth-order valence-electron chi connectivity index (χ4n) is 7.24. The highest BCUT2D eigenvalue weighted by Gasteiger charge is 2.28. The summed E-state index contributed by atoms with van der Waals surface area (Å²) in [6, 6.07) is 31.7. The van der Waals surface area contributed by atoms with Gasteiger partial charge in [-0.1, -0.05) is 164 Å². The van der Waals surface area contributed by atoms with Crippen LogP contribution in [0.4, 0.5) is 0 Å². The maximum Gasteiger partial charge on any atom is 0.144 e. The van der Waals surface area contributed by atoms with E-state index in [1.54, 1.807) is 0 Å². The third kappa shape index (κ3) is 6.49. The largest absolute Gasteiger partial charge is 0.299 e. The van der Waals surface area contributed by atoms with E-state index in [0.29, 0.717) is 23.7 Å². The molecule has 5 heteroatoms. The summed E-state index contributed by atoms with van der Waals surface area (Å²) in [6.07, 6.45) is 8.15. The van der Waals surface area contributed by atoms with Crippen molar-refractivity contribution in [3.05, 3.63) is 132 Å². The van der Waals surface area contributed by atoms with Gasteiger partial charge >= 0.3 is 0 Å². The van der Waals surface area contributed by atoms with Crippen LogP contribution in [0.1, 0.15) is 101 Å². The van der Waals surface area contributed by atoms with E-state index in [-0.39, 0.29) is 0 Å². The molecule has 49 heavy (non-hydrogen) atoms. The van der Waals surface area contributed by atoms with Gasteiger partial charge in [-0.05, 0) is 45.9 Å². The first-order chi connectivity index (χ1) is 23.4. The summed E-state index contributed by atoms with van der Waals surface area (Å²) in [4.78, 5) is 9.90. The number of para-hydroxylation sites is 2. The lowest BCUT2D eigenvalue weighted by atomic mass is 9.92. The Balaban J connectivity index is 1.42. The lowest BCUT2D eigenvalue weighted by Gasteiger charge is -2.26. The predicted octanol–water partition coefficient (Wildman–Crippen LogP) is 10.7. The molecule has 252 valence electrons. The molecule has 0 atom stereocenters. The molecule has 2 heterocycles. The molecule has 0 saturated carbocycles. The Kier molecular flexibility index (Phi) is 9.68. The fourth-order valence-corrected chi connectivity index (χ4v) is 9.63. The third-order valence-corrected chi connectivity index (χ3v) is 13.6. The Morgan fingerprint density at radius 2 is 0.796 bits per heavy atom. The van der Waals surface area contributed by atoms with Crippen molar-refractivity contribution in [2.45, 2.75) is 92.2 Å². The lowest BCUT2D eigenvalue weighted by molar-refractivity contribution is 0.806. The second-order valence-electron chi connectivity index (χ2n) is 15.2. The van der Waals surface area contributed by atoms with Crippen molar-refractivity contribution in [2.75, 3.05) is 0 Å². The van der Waals surface area contributed by atoms with Crippen molar-refractivity contribution in [1.29, 1.82) is 0 Å². The molecule has 4 nitrogen and oxygen atoms in total. The first kappa shape index (κ1) is 34.4. The van der Waals surface area contributed by atoms with Gasteiger partial charge in [0.15, 0.2) is 0 Å². The molecule has 0 aliphatic carbocycles. The number of hydrogen-bond acceptors (Lipinski definition) is 2. The standard InChI is InChI=1S/C44H52N4Si/c1-29(2)37-19-13-20-38(30(3)4)41(37)47-25-23-45-43(47)33-15-11-17-35(27-33)49(9,10)36-18-12-16-34(28-36)44-46-24-26-48(44)42-39(31(5)6)21-14-22-40(42)32(7)8/h11-32H,1-10H3. The Morgan fingerprint density at radius 1 is 0.469 bits per heavy atom. The monoisotopic (exact) mass is 664 g/mol. The zero-order chi connectivity index (χ0) is 35.0. The molecule has 6 rings (SSSR count). The Bertz CT molecular complexity index is 1870. The SMILES string of the molecule is CC(C)c1cccc(C(C)C)c1-n1ccnc1-c1cccc([Si](C)(C)c2cccc(-c3nccn3-c3c(C(C)C)cccc3C(C)C)c2)c1. The molecule has 4 aromatic carbocycles. The summed E-state index contributed by atoms with van der Waals surface area (Å²) < 4.78 is 4.64. The van der Waals surface area contributed by atoms with Crippen LogP contribution in [0.15, 0.2) is 110 Å². The first-order valence-corrected chi connectivity index (χ1v) is 20.9. The van der Waals surface area contributed by atoms with Crippen LogP contribution in [0.5, 0.6) is 0 Å². The van der Waals surface area contributed by atoms with E-state index >= 15 is 0 Å². The number of hydrogen-bond donors (Lipinski definition) is 0. The minimum absolute atomic E-state index is 0.403. The second-order valence-corrected chi connectivity index (χ2v) is 19.6. The third-order valence-electron chi connectivity index (χ3n) is 10.1. The second kappa shape index (κ2) is 13.8. The van der Waals surface area contributed by atoms with Crippen LogP contribution in [-0.2, 0) is 0 Å². The van der Waals surface area contributed by atoms with E-state index in [2.05, 4.69) is 175 Å². The minimum atomic E-state index is -2.13. The number of nitrogens with zero attached hydrogens (tertiary/aromatic N) is 4. The average Bonchev–Trinajstić information content (AvgIpc) is 3.78. The zero-order valence-electron chi connectivity index (χ0n) is 31.0. The molecular formula is C44H52N4Si.